The first-order valence-electron chi connectivity index (χ1n) is 6.92. The summed E-state index contributed by atoms with van der Waals surface area (Å²) in [5.41, 5.74) is 1.17. The first-order valence-corrected chi connectivity index (χ1v) is 8.82. The number of rotatable bonds is 4. The summed E-state index contributed by atoms with van der Waals surface area (Å²) in [5, 5.41) is 9.29. The molecule has 1 aliphatic rings. The van der Waals surface area contributed by atoms with Crippen molar-refractivity contribution in [3.05, 3.63) is 29.3 Å². The Morgan fingerprint density at radius 3 is 2.52 bits per heavy atom. The normalized spacial score (nSPS) is 21.7. The predicted octanol–water partition coefficient (Wildman–Crippen LogP) is 1.24. The first kappa shape index (κ1) is 16.0. The molecule has 0 aromatic heterocycles. The predicted molar refractivity (Wildman–Crippen MR) is 80.0 cm³/mol. The van der Waals surface area contributed by atoms with Gasteiger partial charge >= 0.3 is 0 Å². The summed E-state index contributed by atoms with van der Waals surface area (Å²) in [4.78, 5) is 14.2. The number of hydrogen-bond acceptors (Lipinski definition) is 4. The lowest BCUT2D eigenvalue weighted by Crippen LogP contribution is -2.39. The van der Waals surface area contributed by atoms with Gasteiger partial charge in [0, 0.05) is 25.4 Å². The third-order valence-electron chi connectivity index (χ3n) is 3.96. The number of sulfone groups is 1. The van der Waals surface area contributed by atoms with E-state index >= 15 is 0 Å². The van der Waals surface area contributed by atoms with Crippen molar-refractivity contribution in [1.82, 2.24) is 4.90 Å². The molecular weight excluding hydrogens is 290 g/mol. The van der Waals surface area contributed by atoms with Crippen LogP contribution in [0.5, 0.6) is 0 Å². The Morgan fingerprint density at radius 2 is 2.00 bits per heavy atom. The lowest BCUT2D eigenvalue weighted by atomic mass is 9.82. The molecule has 1 saturated carbocycles. The van der Waals surface area contributed by atoms with E-state index in [-0.39, 0.29) is 16.9 Å². The maximum absolute atomic E-state index is 12.5. The summed E-state index contributed by atoms with van der Waals surface area (Å²) >= 11 is 0. The van der Waals surface area contributed by atoms with Crippen LogP contribution in [0.15, 0.2) is 23.1 Å². The highest BCUT2D eigenvalue weighted by Gasteiger charge is 2.29. The number of hydrogen-bond donors (Lipinski definition) is 1. The fourth-order valence-corrected chi connectivity index (χ4v) is 3.23. The molecule has 0 bridgehead atoms. The van der Waals surface area contributed by atoms with Crippen LogP contribution in [0.25, 0.3) is 0 Å². The van der Waals surface area contributed by atoms with E-state index in [0.29, 0.717) is 18.0 Å². The molecule has 0 spiro atoms. The second kappa shape index (κ2) is 5.77. The Morgan fingerprint density at radius 1 is 1.38 bits per heavy atom. The Balaban J connectivity index is 2.18. The monoisotopic (exact) mass is 311 g/mol. The molecule has 1 aliphatic carbocycles. The summed E-state index contributed by atoms with van der Waals surface area (Å²) in [6.07, 6.45) is 2.33. The number of carbonyl (C=O) groups excluding carboxylic acids is 1. The van der Waals surface area contributed by atoms with Crippen LogP contribution in [0.4, 0.5) is 0 Å². The maximum Gasteiger partial charge on any atom is 0.253 e. The fourth-order valence-electron chi connectivity index (χ4n) is 2.59. The van der Waals surface area contributed by atoms with Crippen molar-refractivity contribution in [3.63, 3.8) is 0 Å². The number of amides is 1. The van der Waals surface area contributed by atoms with Crippen LogP contribution in [0.3, 0.4) is 0 Å². The Labute approximate surface area is 125 Å². The zero-order chi connectivity index (χ0) is 15.8. The van der Waals surface area contributed by atoms with Gasteiger partial charge in [-0.3, -0.25) is 4.79 Å². The number of aliphatic hydroxyl groups excluding tert-OH is 1. The molecule has 1 aromatic carbocycles. The molecule has 1 amide bonds. The van der Waals surface area contributed by atoms with Crippen LogP contribution in [0.2, 0.25) is 0 Å². The highest BCUT2D eigenvalue weighted by molar-refractivity contribution is 7.90. The average Bonchev–Trinajstić information content (AvgIpc) is 2.35. The first-order chi connectivity index (χ1) is 9.68. The van der Waals surface area contributed by atoms with Gasteiger partial charge in [0.25, 0.3) is 5.91 Å². The van der Waals surface area contributed by atoms with E-state index < -0.39 is 9.84 Å². The van der Waals surface area contributed by atoms with Gasteiger partial charge in [-0.15, -0.1) is 0 Å². The molecule has 0 heterocycles. The van der Waals surface area contributed by atoms with Gasteiger partial charge in [0.15, 0.2) is 9.84 Å². The van der Waals surface area contributed by atoms with E-state index in [2.05, 4.69) is 0 Å². The van der Waals surface area contributed by atoms with Gasteiger partial charge in [-0.1, -0.05) is 6.07 Å². The Kier molecular flexibility index (Phi) is 4.39. The molecule has 116 valence electrons. The van der Waals surface area contributed by atoms with E-state index in [1.54, 1.807) is 24.9 Å². The van der Waals surface area contributed by atoms with E-state index in [0.717, 1.165) is 24.7 Å². The minimum Gasteiger partial charge on any atom is -0.393 e. The molecule has 1 aromatic rings. The van der Waals surface area contributed by atoms with Gasteiger partial charge in [-0.2, -0.15) is 0 Å². The van der Waals surface area contributed by atoms with Gasteiger partial charge in [-0.25, -0.2) is 8.42 Å². The van der Waals surface area contributed by atoms with Crippen molar-refractivity contribution in [1.29, 1.82) is 0 Å². The van der Waals surface area contributed by atoms with Crippen molar-refractivity contribution in [2.45, 2.75) is 30.8 Å². The Hall–Kier alpha value is -1.40. The largest absolute Gasteiger partial charge is 0.393 e. The summed E-state index contributed by atoms with van der Waals surface area (Å²) in [7, 11) is -1.62. The van der Waals surface area contributed by atoms with Crippen LogP contribution >= 0.6 is 0 Å². The summed E-state index contributed by atoms with van der Waals surface area (Å²) in [6, 6.07) is 4.62. The van der Waals surface area contributed by atoms with Crippen LogP contribution in [-0.2, 0) is 9.84 Å². The molecule has 6 heteroatoms. The zero-order valence-corrected chi connectivity index (χ0v) is 13.4. The van der Waals surface area contributed by atoms with Gasteiger partial charge in [0.2, 0.25) is 0 Å². The minimum absolute atomic E-state index is 0.156. The maximum atomic E-state index is 12.5. The molecule has 1 fully saturated rings. The molecule has 21 heavy (non-hydrogen) atoms. The standard InChI is InChI=1S/C15H21NO4S/c1-10-4-5-13(21(3,19)20)8-14(10)15(18)16(2)9-11-6-12(17)7-11/h4-5,8,11-12,17H,6-7,9H2,1-3H3. The number of aryl methyl sites for hydroxylation is 1. The van der Waals surface area contributed by atoms with Crippen LogP contribution < -0.4 is 0 Å². The SMILES string of the molecule is Cc1ccc(S(C)(=O)=O)cc1C(=O)N(C)CC1CC(O)C1. The second-order valence-electron chi connectivity index (χ2n) is 5.93. The van der Waals surface area contributed by atoms with Crippen molar-refractivity contribution < 1.29 is 18.3 Å². The van der Waals surface area contributed by atoms with Gasteiger partial charge in [0.1, 0.15) is 0 Å². The molecule has 0 atom stereocenters. The average molecular weight is 311 g/mol. The highest BCUT2D eigenvalue weighted by Crippen LogP contribution is 2.28. The molecule has 0 radical (unpaired) electrons. The summed E-state index contributed by atoms with van der Waals surface area (Å²) in [5.74, 6) is 0.145. The van der Waals surface area contributed by atoms with Gasteiger partial charge < -0.3 is 10.0 Å². The summed E-state index contributed by atoms with van der Waals surface area (Å²) < 4.78 is 23.2. The molecule has 0 saturated heterocycles. The molecule has 0 unspecified atom stereocenters. The third kappa shape index (κ3) is 3.63. The lowest BCUT2D eigenvalue weighted by molar-refractivity contribution is 0.0265. The lowest BCUT2D eigenvalue weighted by Gasteiger charge is -2.34. The molecule has 1 N–H and O–H groups in total. The van der Waals surface area contributed by atoms with E-state index in [1.165, 1.54) is 12.1 Å². The van der Waals surface area contributed by atoms with Crippen LogP contribution in [0, 0.1) is 12.8 Å². The zero-order valence-electron chi connectivity index (χ0n) is 12.5. The highest BCUT2D eigenvalue weighted by atomic mass is 32.2. The number of carbonyl (C=O) groups is 1. The fraction of sp³-hybridized carbons (Fsp3) is 0.533. The van der Waals surface area contributed by atoms with Crippen LogP contribution in [0.1, 0.15) is 28.8 Å². The van der Waals surface area contributed by atoms with E-state index in [9.17, 15) is 18.3 Å². The van der Waals surface area contributed by atoms with Gasteiger partial charge in [0.05, 0.1) is 11.0 Å². The smallest absolute Gasteiger partial charge is 0.253 e. The summed E-state index contributed by atoms with van der Waals surface area (Å²) in [6.45, 7) is 2.37. The van der Waals surface area contributed by atoms with Crippen molar-refractivity contribution in [2.75, 3.05) is 19.8 Å². The minimum atomic E-state index is -3.33. The quantitative estimate of drug-likeness (QED) is 0.908. The topological polar surface area (TPSA) is 74.7 Å². The van der Waals surface area contributed by atoms with Crippen molar-refractivity contribution in [2.24, 2.45) is 5.92 Å². The van der Waals surface area contributed by atoms with Crippen molar-refractivity contribution in [3.8, 4) is 0 Å². The Bertz CT molecular complexity index is 648. The third-order valence-corrected chi connectivity index (χ3v) is 5.07. The van der Waals surface area contributed by atoms with Crippen molar-refractivity contribution >= 4 is 15.7 Å². The van der Waals surface area contributed by atoms with Gasteiger partial charge in [-0.05, 0) is 43.4 Å². The van der Waals surface area contributed by atoms with E-state index in [4.69, 9.17) is 0 Å². The number of aliphatic hydroxyl groups is 1. The number of benzene rings is 1. The molecule has 2 rings (SSSR count). The second-order valence-corrected chi connectivity index (χ2v) is 7.94. The molecular formula is C15H21NO4S. The number of nitrogens with zero attached hydrogens (tertiary/aromatic N) is 1. The van der Waals surface area contributed by atoms with Crippen LogP contribution in [-0.4, -0.2) is 50.3 Å². The van der Waals surface area contributed by atoms with E-state index in [1.807, 2.05) is 0 Å². The molecule has 0 aliphatic heterocycles. The molecule has 5 nitrogen and oxygen atoms in total.